The van der Waals surface area contributed by atoms with Gasteiger partial charge >= 0.3 is 0 Å². The molecule has 1 aliphatic rings. The normalized spacial score (nSPS) is 13.2. The maximum atomic E-state index is 8.72. The number of rotatable bonds is 5. The van der Waals surface area contributed by atoms with Crippen LogP contribution in [-0.2, 0) is 24.9 Å². The van der Waals surface area contributed by atoms with Gasteiger partial charge in [0.15, 0.2) is 5.71 Å². The van der Waals surface area contributed by atoms with Crippen molar-refractivity contribution < 1.29 is 24.1 Å². The van der Waals surface area contributed by atoms with E-state index in [1.165, 1.54) is 22.5 Å². The van der Waals surface area contributed by atoms with Crippen LogP contribution >= 0.6 is 37.2 Å². The molecule has 0 saturated heterocycles. The van der Waals surface area contributed by atoms with Crippen molar-refractivity contribution in [2.75, 3.05) is 25.5 Å². The first-order valence-electron chi connectivity index (χ1n) is 9.02. The first kappa shape index (κ1) is 30.8. The second-order valence-electron chi connectivity index (χ2n) is 7.34. The van der Waals surface area contributed by atoms with Crippen LogP contribution in [0, 0.1) is 11.3 Å². The second-order valence-corrected chi connectivity index (χ2v) is 7.34. The van der Waals surface area contributed by atoms with E-state index in [9.17, 15) is 0 Å². The van der Waals surface area contributed by atoms with E-state index < -0.39 is 0 Å². The number of allylic oxidation sites excluding steroid dienone is 1. The van der Waals surface area contributed by atoms with Crippen molar-refractivity contribution in [3.63, 3.8) is 0 Å². The molecule has 0 aromatic heterocycles. The Balaban J connectivity index is 0. The van der Waals surface area contributed by atoms with Crippen LogP contribution in [0.1, 0.15) is 31.4 Å². The first-order chi connectivity index (χ1) is 12.4. The summed E-state index contributed by atoms with van der Waals surface area (Å²) >= 11 is 0. The van der Waals surface area contributed by atoms with Crippen LogP contribution in [0.5, 0.6) is 0 Å². The van der Waals surface area contributed by atoms with E-state index in [4.69, 9.17) is 5.26 Å². The predicted octanol–water partition coefficient (Wildman–Crippen LogP) is 6.02. The molecular weight excluding hydrogens is 490 g/mol. The van der Waals surface area contributed by atoms with E-state index in [0.717, 1.165) is 12.2 Å². The maximum Gasteiger partial charge on any atom is 0.209 e. The molecule has 0 aliphatic carbocycles. The van der Waals surface area contributed by atoms with Gasteiger partial charge in [0.2, 0.25) is 5.69 Å². The molecule has 0 saturated carbocycles. The number of nitrogens with zero attached hydrogens (tertiary/aromatic N) is 3. The number of hydrogen-bond acceptors (Lipinski definition) is 2. The minimum Gasteiger partial charge on any atom is -0.374 e. The van der Waals surface area contributed by atoms with Crippen molar-refractivity contribution in [3.05, 3.63) is 65.7 Å². The molecule has 0 N–H and O–H groups in total. The number of anilines is 1. The zero-order valence-electron chi connectivity index (χ0n) is 18.0. The molecule has 2 aromatic carbocycles. The fourth-order valence-electron chi connectivity index (χ4n) is 3.66. The molecule has 0 fully saturated rings. The fraction of sp³-hybridized carbons (Fsp3) is 0.304. The van der Waals surface area contributed by atoms with Crippen molar-refractivity contribution >= 4 is 60.4 Å². The number of nitriles is 1. The summed E-state index contributed by atoms with van der Waals surface area (Å²) in [4.78, 5) is 2.11. The van der Waals surface area contributed by atoms with Gasteiger partial charge in [0, 0.05) is 56.5 Å². The Labute approximate surface area is 211 Å². The molecule has 3 rings (SSSR count). The van der Waals surface area contributed by atoms with Gasteiger partial charge in [-0.3, -0.25) is 0 Å². The molecule has 0 amide bonds. The van der Waals surface area contributed by atoms with Gasteiger partial charge in [-0.25, -0.2) is 0 Å². The van der Waals surface area contributed by atoms with Gasteiger partial charge in [0.05, 0.1) is 17.9 Å². The summed E-state index contributed by atoms with van der Waals surface area (Å²) in [6, 6.07) is 19.3. The van der Waals surface area contributed by atoms with Gasteiger partial charge in [0.25, 0.3) is 0 Å². The van der Waals surface area contributed by atoms with Crippen LogP contribution in [0.25, 0.3) is 6.08 Å². The molecule has 7 heteroatoms. The van der Waals surface area contributed by atoms with E-state index >= 15 is 0 Å². The summed E-state index contributed by atoms with van der Waals surface area (Å²) in [6.45, 7) is 5.31. The Bertz CT molecular complexity index is 916. The average molecular weight is 519 g/mol. The number of benzene rings is 2. The second kappa shape index (κ2) is 13.1. The predicted molar refractivity (Wildman–Crippen MR) is 131 cm³/mol. The third-order valence-corrected chi connectivity index (χ3v) is 5.27. The number of halogens is 3. The van der Waals surface area contributed by atoms with E-state index in [0.29, 0.717) is 6.42 Å². The Morgan fingerprint density at radius 3 is 2.17 bits per heavy atom. The Morgan fingerprint density at radius 2 is 1.60 bits per heavy atom. The number of para-hydroxylation sites is 1. The summed E-state index contributed by atoms with van der Waals surface area (Å²) in [6.07, 6.45) is 4.95. The average Bonchev–Trinajstić information content (AvgIpc) is 2.85. The molecular formula is C23H29Cl3N3Zn+. The molecule has 2 aromatic rings. The maximum absolute atomic E-state index is 8.72. The van der Waals surface area contributed by atoms with Gasteiger partial charge in [0.1, 0.15) is 7.05 Å². The summed E-state index contributed by atoms with van der Waals surface area (Å²) in [5.41, 5.74) is 6.27. The van der Waals surface area contributed by atoms with Crippen molar-refractivity contribution in [2.24, 2.45) is 0 Å². The molecule has 0 atom stereocenters. The molecule has 0 unspecified atom stereocenters. The number of fused-ring (bicyclic) bond motifs is 1. The minimum absolute atomic E-state index is 0. The molecule has 158 valence electrons. The van der Waals surface area contributed by atoms with E-state index in [1.807, 2.05) is 7.05 Å². The Kier molecular flexibility index (Phi) is 13.5. The fourth-order valence-corrected chi connectivity index (χ4v) is 3.66. The van der Waals surface area contributed by atoms with Gasteiger partial charge in [-0.2, -0.15) is 9.84 Å². The van der Waals surface area contributed by atoms with Crippen LogP contribution < -0.4 is 4.90 Å². The van der Waals surface area contributed by atoms with Crippen LogP contribution in [0.2, 0.25) is 0 Å². The first-order valence-corrected chi connectivity index (χ1v) is 9.02. The van der Waals surface area contributed by atoms with Gasteiger partial charge < -0.3 is 4.90 Å². The molecule has 0 bridgehead atoms. The molecule has 1 aliphatic heterocycles. The van der Waals surface area contributed by atoms with Crippen molar-refractivity contribution in [2.45, 2.75) is 25.7 Å². The smallest absolute Gasteiger partial charge is 0.209 e. The zero-order valence-corrected chi connectivity index (χ0v) is 23.4. The third kappa shape index (κ3) is 6.32. The Hall–Kier alpha value is -1.37. The van der Waals surface area contributed by atoms with Crippen LogP contribution in [0.15, 0.2) is 54.6 Å². The summed E-state index contributed by atoms with van der Waals surface area (Å²) < 4.78 is 2.29. The number of hydrogen-bond donors (Lipinski definition) is 0. The van der Waals surface area contributed by atoms with Crippen LogP contribution in [0.4, 0.5) is 11.4 Å². The monoisotopic (exact) mass is 516 g/mol. The summed E-state index contributed by atoms with van der Waals surface area (Å²) in [7, 11) is 4.16. The quantitative estimate of drug-likeness (QED) is 0.358. The standard InChI is InChI=1S/C23H26N3.3ClH.Zn/c1-23(2)20-8-5-6-9-21(20)26(4)22(23)15-12-18-10-13-19(14-11-18)25(3)17-7-16-24;;;;/h5-6,8-15H,7,17H2,1-4H3;3*1H;/q+1;;;;. The van der Waals surface area contributed by atoms with E-state index in [1.54, 1.807) is 0 Å². The minimum atomic E-state index is -0.000698. The van der Waals surface area contributed by atoms with Crippen LogP contribution in [0.3, 0.4) is 0 Å². The summed E-state index contributed by atoms with van der Waals surface area (Å²) in [5.74, 6) is 0. The van der Waals surface area contributed by atoms with Gasteiger partial charge in [-0.05, 0) is 37.6 Å². The molecule has 0 radical (unpaired) electrons. The van der Waals surface area contributed by atoms with Crippen molar-refractivity contribution in [3.8, 4) is 6.07 Å². The van der Waals surface area contributed by atoms with Gasteiger partial charge in [-0.1, -0.05) is 30.3 Å². The Morgan fingerprint density at radius 1 is 1.00 bits per heavy atom. The van der Waals surface area contributed by atoms with Crippen molar-refractivity contribution in [1.82, 2.24) is 0 Å². The largest absolute Gasteiger partial charge is 0.374 e. The van der Waals surface area contributed by atoms with Gasteiger partial charge in [-0.15, -0.1) is 37.2 Å². The SMILES string of the molecule is CN(CCC#N)c1ccc(/C=C/C2=[N+](C)c3ccccc3C2(C)C)cc1.Cl.Cl.Cl.[Zn]. The molecule has 30 heavy (non-hydrogen) atoms. The molecule has 3 nitrogen and oxygen atoms in total. The zero-order chi connectivity index (χ0) is 18.7. The molecule has 1 heterocycles. The topological polar surface area (TPSA) is 30.0 Å². The third-order valence-electron chi connectivity index (χ3n) is 5.27. The van der Waals surface area contributed by atoms with E-state index in [2.05, 4.69) is 97.1 Å². The molecule has 0 spiro atoms. The van der Waals surface area contributed by atoms with E-state index in [-0.39, 0.29) is 62.1 Å². The van der Waals surface area contributed by atoms with Crippen molar-refractivity contribution in [1.29, 1.82) is 5.26 Å². The summed E-state index contributed by atoms with van der Waals surface area (Å²) in [5, 5.41) is 8.72. The van der Waals surface area contributed by atoms with Crippen LogP contribution in [-0.4, -0.2) is 30.9 Å².